The van der Waals surface area contributed by atoms with Crippen LogP contribution in [0, 0.1) is 0 Å². The van der Waals surface area contributed by atoms with Gasteiger partial charge in [-0.1, -0.05) is 48.5 Å². The molecule has 0 bridgehead atoms. The van der Waals surface area contributed by atoms with Crippen molar-refractivity contribution in [1.29, 1.82) is 0 Å². The van der Waals surface area contributed by atoms with Crippen LogP contribution in [0.1, 0.15) is 11.1 Å². The zero-order chi connectivity index (χ0) is 13.0. The van der Waals surface area contributed by atoms with Crippen LogP contribution in [0.3, 0.4) is 0 Å². The van der Waals surface area contributed by atoms with E-state index in [0.717, 1.165) is 0 Å². The maximum absolute atomic E-state index is 13.3. The Balaban J connectivity index is 2.41. The average Bonchev–Trinajstić information content (AvgIpc) is 2.62. The number of rotatable bonds is 0. The van der Waals surface area contributed by atoms with Gasteiger partial charge in [0.15, 0.2) is 0 Å². The van der Waals surface area contributed by atoms with Gasteiger partial charge in [0.2, 0.25) is 5.60 Å². The Morgan fingerprint density at radius 3 is 1.56 bits per heavy atom. The summed E-state index contributed by atoms with van der Waals surface area (Å²) in [6, 6.07) is 12.2. The van der Waals surface area contributed by atoms with E-state index >= 15 is 0 Å². The van der Waals surface area contributed by atoms with Crippen molar-refractivity contribution in [3.05, 3.63) is 59.7 Å². The van der Waals surface area contributed by atoms with Gasteiger partial charge in [-0.3, -0.25) is 0 Å². The fourth-order valence-electron chi connectivity index (χ4n) is 2.52. The summed E-state index contributed by atoms with van der Waals surface area (Å²) < 4.78 is 39.8. The minimum Gasteiger partial charge on any atom is -0.372 e. The van der Waals surface area contributed by atoms with Gasteiger partial charge in [0.05, 0.1) is 0 Å². The number of benzene rings is 2. The Morgan fingerprint density at radius 1 is 0.778 bits per heavy atom. The monoisotopic (exact) mass is 250 g/mol. The second-order valence-corrected chi connectivity index (χ2v) is 4.30. The minimum absolute atomic E-state index is 0.0984. The van der Waals surface area contributed by atoms with E-state index in [1.165, 1.54) is 24.3 Å². The van der Waals surface area contributed by atoms with E-state index in [0.29, 0.717) is 11.1 Å². The number of fused-ring (bicyclic) bond motifs is 3. The largest absolute Gasteiger partial charge is 0.425 e. The molecule has 2 aromatic carbocycles. The fraction of sp³-hybridized carbons (Fsp3) is 0.143. The maximum atomic E-state index is 13.3. The molecule has 0 saturated heterocycles. The van der Waals surface area contributed by atoms with E-state index in [-0.39, 0.29) is 11.1 Å². The molecule has 0 aliphatic heterocycles. The van der Waals surface area contributed by atoms with Crippen molar-refractivity contribution in [2.75, 3.05) is 0 Å². The first-order chi connectivity index (χ1) is 8.46. The molecule has 4 heteroatoms. The summed E-state index contributed by atoms with van der Waals surface area (Å²) in [7, 11) is 0. The normalized spacial score (nSPS) is 16.2. The van der Waals surface area contributed by atoms with Crippen molar-refractivity contribution in [3.8, 4) is 11.1 Å². The van der Waals surface area contributed by atoms with E-state index in [1.54, 1.807) is 24.3 Å². The molecule has 0 aromatic heterocycles. The molecule has 92 valence electrons. The topological polar surface area (TPSA) is 20.2 Å². The Bertz CT molecular complexity index is 571. The van der Waals surface area contributed by atoms with Gasteiger partial charge in [-0.15, -0.1) is 0 Å². The first-order valence-corrected chi connectivity index (χ1v) is 5.45. The molecule has 3 rings (SSSR count). The van der Waals surface area contributed by atoms with Gasteiger partial charge in [-0.05, 0) is 11.1 Å². The lowest BCUT2D eigenvalue weighted by atomic mass is 9.91. The van der Waals surface area contributed by atoms with E-state index < -0.39 is 11.8 Å². The van der Waals surface area contributed by atoms with Crippen molar-refractivity contribution >= 4 is 0 Å². The van der Waals surface area contributed by atoms with Gasteiger partial charge < -0.3 is 5.11 Å². The third kappa shape index (κ3) is 1.21. The molecule has 2 aromatic rings. The lowest BCUT2D eigenvalue weighted by molar-refractivity contribution is -0.246. The summed E-state index contributed by atoms with van der Waals surface area (Å²) >= 11 is 0. The smallest absolute Gasteiger partial charge is 0.372 e. The first kappa shape index (κ1) is 11.3. The van der Waals surface area contributed by atoms with Crippen LogP contribution >= 0.6 is 0 Å². The highest BCUT2D eigenvalue weighted by Gasteiger charge is 2.60. The molecule has 1 N–H and O–H groups in total. The Hall–Kier alpha value is -1.81. The van der Waals surface area contributed by atoms with Gasteiger partial charge in [0, 0.05) is 11.1 Å². The molecule has 1 aliphatic carbocycles. The van der Waals surface area contributed by atoms with Crippen LogP contribution < -0.4 is 0 Å². The van der Waals surface area contributed by atoms with Gasteiger partial charge in [0.1, 0.15) is 0 Å². The summed E-state index contributed by atoms with van der Waals surface area (Å²) in [5, 5.41) is 10.2. The number of alkyl halides is 3. The van der Waals surface area contributed by atoms with E-state index in [1.807, 2.05) is 0 Å². The second-order valence-electron chi connectivity index (χ2n) is 4.30. The number of hydrogen-bond donors (Lipinski definition) is 1. The van der Waals surface area contributed by atoms with Gasteiger partial charge >= 0.3 is 6.18 Å². The molecule has 0 atom stereocenters. The molecule has 0 spiro atoms. The van der Waals surface area contributed by atoms with Crippen molar-refractivity contribution in [2.45, 2.75) is 11.8 Å². The lowest BCUT2D eigenvalue weighted by Gasteiger charge is -2.28. The van der Waals surface area contributed by atoms with Gasteiger partial charge in [0.25, 0.3) is 0 Å². The zero-order valence-corrected chi connectivity index (χ0v) is 9.20. The summed E-state index contributed by atoms with van der Waals surface area (Å²) in [5.41, 5.74) is -2.22. The van der Waals surface area contributed by atoms with Crippen LogP contribution in [-0.2, 0) is 5.60 Å². The minimum atomic E-state index is -4.74. The molecule has 0 heterocycles. The third-order valence-electron chi connectivity index (χ3n) is 3.33. The van der Waals surface area contributed by atoms with Crippen molar-refractivity contribution < 1.29 is 18.3 Å². The van der Waals surface area contributed by atoms with Crippen molar-refractivity contribution in [1.82, 2.24) is 0 Å². The molecule has 0 amide bonds. The maximum Gasteiger partial charge on any atom is 0.425 e. The van der Waals surface area contributed by atoms with Crippen LogP contribution in [0.4, 0.5) is 13.2 Å². The van der Waals surface area contributed by atoms with Crippen LogP contribution in [-0.4, -0.2) is 11.3 Å². The molecule has 0 fully saturated rings. The highest BCUT2D eigenvalue weighted by atomic mass is 19.4. The third-order valence-corrected chi connectivity index (χ3v) is 3.33. The number of aliphatic hydroxyl groups is 1. The quantitative estimate of drug-likeness (QED) is 0.759. The molecular weight excluding hydrogens is 241 g/mol. The molecule has 0 saturated carbocycles. The van der Waals surface area contributed by atoms with Gasteiger partial charge in [-0.25, -0.2) is 0 Å². The van der Waals surface area contributed by atoms with Crippen molar-refractivity contribution in [3.63, 3.8) is 0 Å². The SMILES string of the molecule is OC1(C(F)(F)F)c2ccccc2-c2ccccc21. The predicted molar refractivity (Wildman–Crippen MR) is 60.9 cm³/mol. The second kappa shape index (κ2) is 3.36. The van der Waals surface area contributed by atoms with E-state index in [2.05, 4.69) is 0 Å². The standard InChI is InChI=1S/C14H9F3O/c15-14(16,17)13(18)11-7-3-1-5-9(11)10-6-2-4-8-12(10)13/h1-8,18H. The summed E-state index contributed by atoms with van der Waals surface area (Å²) in [4.78, 5) is 0. The zero-order valence-electron chi connectivity index (χ0n) is 9.20. The van der Waals surface area contributed by atoms with E-state index in [4.69, 9.17) is 0 Å². The Morgan fingerprint density at radius 2 is 1.17 bits per heavy atom. The summed E-state index contributed by atoms with van der Waals surface area (Å²) in [6.07, 6.45) is -4.74. The molecule has 0 unspecified atom stereocenters. The average molecular weight is 250 g/mol. The van der Waals surface area contributed by atoms with Crippen LogP contribution in [0.15, 0.2) is 48.5 Å². The molecule has 0 radical (unpaired) electrons. The number of halogens is 3. The summed E-state index contributed by atoms with van der Waals surface area (Å²) in [6.45, 7) is 0. The molecule has 1 aliphatic rings. The highest BCUT2D eigenvalue weighted by Crippen LogP contribution is 2.54. The van der Waals surface area contributed by atoms with E-state index in [9.17, 15) is 18.3 Å². The predicted octanol–water partition coefficient (Wildman–Crippen LogP) is 3.47. The Labute approximate surface area is 102 Å². The molecule has 18 heavy (non-hydrogen) atoms. The summed E-state index contributed by atoms with van der Waals surface area (Å²) in [5.74, 6) is 0. The molecule has 1 nitrogen and oxygen atoms in total. The highest BCUT2D eigenvalue weighted by molar-refractivity contribution is 5.80. The van der Waals surface area contributed by atoms with Crippen molar-refractivity contribution in [2.24, 2.45) is 0 Å². The fourth-order valence-corrected chi connectivity index (χ4v) is 2.52. The van der Waals surface area contributed by atoms with Crippen LogP contribution in [0.2, 0.25) is 0 Å². The lowest BCUT2D eigenvalue weighted by Crippen LogP contribution is -2.41. The first-order valence-electron chi connectivity index (χ1n) is 5.45. The molecular formula is C14H9F3O. The van der Waals surface area contributed by atoms with Crippen LogP contribution in [0.25, 0.3) is 11.1 Å². The Kier molecular flexibility index (Phi) is 2.10. The van der Waals surface area contributed by atoms with Gasteiger partial charge in [-0.2, -0.15) is 13.2 Å². The number of hydrogen-bond acceptors (Lipinski definition) is 1. The van der Waals surface area contributed by atoms with Crippen LogP contribution in [0.5, 0.6) is 0 Å².